The van der Waals surface area contributed by atoms with E-state index in [1.165, 1.54) is 12.1 Å². The van der Waals surface area contributed by atoms with E-state index in [1.54, 1.807) is 35.9 Å². The molecule has 0 bridgehead atoms. The molecule has 0 fully saturated rings. The average molecular weight is 309 g/mol. The van der Waals surface area contributed by atoms with E-state index >= 15 is 0 Å². The van der Waals surface area contributed by atoms with Gasteiger partial charge in [-0.3, -0.25) is 10.1 Å². The van der Waals surface area contributed by atoms with Gasteiger partial charge in [0.1, 0.15) is 5.69 Å². The van der Waals surface area contributed by atoms with Crippen molar-refractivity contribution >= 4 is 23.3 Å². The molecule has 0 aliphatic heterocycles. The van der Waals surface area contributed by atoms with Crippen molar-refractivity contribution in [2.45, 2.75) is 13.5 Å². The van der Waals surface area contributed by atoms with Gasteiger partial charge in [0, 0.05) is 24.9 Å². The molecule has 1 heterocycles. The van der Waals surface area contributed by atoms with Crippen LogP contribution in [0, 0.1) is 10.1 Å². The molecule has 0 N–H and O–H groups in total. The molecule has 0 saturated heterocycles. The molecule has 7 heteroatoms. The third kappa shape index (κ3) is 3.41. The highest BCUT2D eigenvalue weighted by molar-refractivity contribution is 6.31. The Morgan fingerprint density at radius 1 is 1.43 bits per heavy atom. The molecule has 2 aromatic rings. The van der Waals surface area contributed by atoms with E-state index in [9.17, 15) is 14.9 Å². The van der Waals surface area contributed by atoms with E-state index in [4.69, 9.17) is 16.3 Å². The summed E-state index contributed by atoms with van der Waals surface area (Å²) in [6.45, 7) is 2.36. The maximum absolute atomic E-state index is 11.8. The first-order valence-electron chi connectivity index (χ1n) is 6.28. The molecule has 0 radical (unpaired) electrons. The second-order valence-electron chi connectivity index (χ2n) is 4.27. The molecule has 0 unspecified atom stereocenters. The second kappa shape index (κ2) is 6.41. The molecule has 110 valence electrons. The van der Waals surface area contributed by atoms with Crippen LogP contribution in [0.15, 0.2) is 36.5 Å². The van der Waals surface area contributed by atoms with Gasteiger partial charge in [-0.15, -0.1) is 0 Å². The fraction of sp³-hybridized carbons (Fsp3) is 0.214. The van der Waals surface area contributed by atoms with E-state index in [2.05, 4.69) is 0 Å². The van der Waals surface area contributed by atoms with Gasteiger partial charge in [0.15, 0.2) is 0 Å². The van der Waals surface area contributed by atoms with Crippen molar-refractivity contribution in [2.24, 2.45) is 0 Å². The molecular weight excluding hydrogens is 296 g/mol. The Bertz CT molecular complexity index is 681. The predicted molar refractivity (Wildman–Crippen MR) is 77.6 cm³/mol. The normalized spacial score (nSPS) is 10.4. The monoisotopic (exact) mass is 308 g/mol. The van der Waals surface area contributed by atoms with Crippen LogP contribution >= 0.6 is 11.6 Å². The molecule has 0 saturated carbocycles. The minimum absolute atomic E-state index is 0.0677. The van der Waals surface area contributed by atoms with Crippen LogP contribution in [0.3, 0.4) is 0 Å². The number of nitro benzene ring substituents is 1. The average Bonchev–Trinajstić information content (AvgIpc) is 2.89. The molecule has 6 nitrogen and oxygen atoms in total. The molecule has 1 aromatic carbocycles. The Hall–Kier alpha value is -2.34. The van der Waals surface area contributed by atoms with E-state index in [1.807, 2.05) is 0 Å². The topological polar surface area (TPSA) is 74.4 Å². The lowest BCUT2D eigenvalue weighted by Crippen LogP contribution is -2.12. The summed E-state index contributed by atoms with van der Waals surface area (Å²) in [5.74, 6) is -0.416. The van der Waals surface area contributed by atoms with Gasteiger partial charge in [-0.1, -0.05) is 11.6 Å². The van der Waals surface area contributed by atoms with Gasteiger partial charge < -0.3 is 9.30 Å². The fourth-order valence-electron chi connectivity index (χ4n) is 1.90. The molecule has 1 aromatic heterocycles. The van der Waals surface area contributed by atoms with Crippen LogP contribution in [0.4, 0.5) is 5.69 Å². The van der Waals surface area contributed by atoms with Crippen LogP contribution in [0.1, 0.15) is 23.0 Å². The molecule has 21 heavy (non-hydrogen) atoms. The number of halogens is 1. The van der Waals surface area contributed by atoms with Crippen LogP contribution in [-0.2, 0) is 11.3 Å². The zero-order valence-electron chi connectivity index (χ0n) is 11.3. The molecule has 2 rings (SSSR count). The number of nitro groups is 1. The molecular formula is C14H13ClN2O4. The van der Waals surface area contributed by atoms with E-state index in [0.717, 1.165) is 0 Å². The van der Waals surface area contributed by atoms with Crippen LogP contribution in [0.5, 0.6) is 0 Å². The Morgan fingerprint density at radius 2 is 2.19 bits per heavy atom. The number of rotatable bonds is 5. The lowest BCUT2D eigenvalue weighted by molar-refractivity contribution is -0.384. The maximum Gasteiger partial charge on any atom is 0.354 e. The van der Waals surface area contributed by atoms with E-state index in [-0.39, 0.29) is 10.7 Å². The first-order chi connectivity index (χ1) is 10.0. The minimum atomic E-state index is -0.505. The summed E-state index contributed by atoms with van der Waals surface area (Å²) in [4.78, 5) is 22.0. The van der Waals surface area contributed by atoms with Crippen molar-refractivity contribution in [2.75, 3.05) is 6.61 Å². The summed E-state index contributed by atoms with van der Waals surface area (Å²) in [5, 5.41) is 11.0. The van der Waals surface area contributed by atoms with Crippen LogP contribution in [0.25, 0.3) is 0 Å². The van der Waals surface area contributed by atoms with Gasteiger partial charge >= 0.3 is 5.97 Å². The van der Waals surface area contributed by atoms with Gasteiger partial charge in [-0.05, 0) is 30.7 Å². The van der Waals surface area contributed by atoms with Crippen molar-refractivity contribution in [1.29, 1.82) is 0 Å². The molecule has 0 aliphatic carbocycles. The molecule has 0 aliphatic rings. The summed E-state index contributed by atoms with van der Waals surface area (Å²) in [6.07, 6.45) is 1.73. The van der Waals surface area contributed by atoms with Gasteiger partial charge in [0.2, 0.25) is 0 Å². The van der Waals surface area contributed by atoms with Gasteiger partial charge in [0.25, 0.3) is 5.69 Å². The number of hydrogen-bond acceptors (Lipinski definition) is 4. The second-order valence-corrected chi connectivity index (χ2v) is 4.68. The number of esters is 1. The maximum atomic E-state index is 11.8. The first-order valence-corrected chi connectivity index (χ1v) is 6.65. The molecule has 0 atom stereocenters. The lowest BCUT2D eigenvalue weighted by atomic mass is 10.2. The quantitative estimate of drug-likeness (QED) is 0.482. The van der Waals surface area contributed by atoms with Crippen LogP contribution in [0.2, 0.25) is 5.02 Å². The van der Waals surface area contributed by atoms with E-state index in [0.29, 0.717) is 24.4 Å². The molecule has 0 amide bonds. The Kier molecular flexibility index (Phi) is 4.59. The van der Waals surface area contributed by atoms with Gasteiger partial charge in [0.05, 0.1) is 16.6 Å². The highest BCUT2D eigenvalue weighted by Crippen LogP contribution is 2.23. The zero-order valence-corrected chi connectivity index (χ0v) is 12.0. The summed E-state index contributed by atoms with van der Waals surface area (Å²) >= 11 is 6.05. The van der Waals surface area contributed by atoms with E-state index < -0.39 is 10.9 Å². The number of nitrogens with zero attached hydrogens (tertiary/aromatic N) is 2. The highest BCUT2D eigenvalue weighted by Gasteiger charge is 2.14. The number of ether oxygens (including phenoxy) is 1. The summed E-state index contributed by atoms with van der Waals surface area (Å²) in [7, 11) is 0. The Balaban J connectivity index is 2.25. The standard InChI is InChI=1S/C14H13ClN2O4/c1-2-21-14(18)13-4-3-7-16(13)9-10-5-6-11(17(19)20)8-12(10)15/h3-8H,2,9H2,1H3. The summed E-state index contributed by atoms with van der Waals surface area (Å²) in [6, 6.07) is 7.64. The number of carbonyl (C=O) groups excluding carboxylic acids is 1. The van der Waals surface area contributed by atoms with Crippen molar-refractivity contribution in [3.05, 3.63) is 62.9 Å². The van der Waals surface area contributed by atoms with Crippen molar-refractivity contribution in [3.63, 3.8) is 0 Å². The van der Waals surface area contributed by atoms with Crippen molar-refractivity contribution in [3.8, 4) is 0 Å². The highest BCUT2D eigenvalue weighted by atomic mass is 35.5. The number of benzene rings is 1. The SMILES string of the molecule is CCOC(=O)c1cccn1Cc1ccc([N+](=O)[O-])cc1Cl. The van der Waals surface area contributed by atoms with Crippen molar-refractivity contribution in [1.82, 2.24) is 4.57 Å². The van der Waals surface area contributed by atoms with Gasteiger partial charge in [-0.2, -0.15) is 0 Å². The zero-order chi connectivity index (χ0) is 15.4. The van der Waals surface area contributed by atoms with Crippen molar-refractivity contribution < 1.29 is 14.5 Å². The fourth-order valence-corrected chi connectivity index (χ4v) is 2.14. The van der Waals surface area contributed by atoms with Gasteiger partial charge in [-0.25, -0.2) is 4.79 Å². The third-order valence-electron chi connectivity index (χ3n) is 2.90. The Labute approximate surface area is 126 Å². The minimum Gasteiger partial charge on any atom is -0.461 e. The largest absolute Gasteiger partial charge is 0.461 e. The van der Waals surface area contributed by atoms with Crippen LogP contribution < -0.4 is 0 Å². The lowest BCUT2D eigenvalue weighted by Gasteiger charge is -2.10. The summed E-state index contributed by atoms with van der Waals surface area (Å²) < 4.78 is 6.65. The third-order valence-corrected chi connectivity index (χ3v) is 3.25. The first kappa shape index (κ1) is 15.1. The number of aromatic nitrogens is 1. The smallest absolute Gasteiger partial charge is 0.354 e. The van der Waals surface area contributed by atoms with Crippen LogP contribution in [-0.4, -0.2) is 22.1 Å². The molecule has 0 spiro atoms. The number of carbonyl (C=O) groups is 1. The summed E-state index contributed by atoms with van der Waals surface area (Å²) in [5.41, 5.74) is 1.03. The Morgan fingerprint density at radius 3 is 2.81 bits per heavy atom. The predicted octanol–water partition coefficient (Wildman–Crippen LogP) is 3.27. The number of hydrogen-bond donors (Lipinski definition) is 0. The number of non-ortho nitro benzene ring substituents is 1.